The molecule has 0 fully saturated rings. The minimum atomic E-state index is -0.329. The van der Waals surface area contributed by atoms with Gasteiger partial charge in [0.1, 0.15) is 15.6 Å². The first-order valence-electron chi connectivity index (χ1n) is 4.68. The number of hydrogen-bond donors (Lipinski definition) is 1. The maximum Gasteiger partial charge on any atom is 0.149 e. The molecule has 1 aromatic rings. The first kappa shape index (κ1) is 11.6. The lowest BCUT2D eigenvalue weighted by atomic mass is 10.1. The lowest BCUT2D eigenvalue weighted by Gasteiger charge is -2.22. The van der Waals surface area contributed by atoms with E-state index in [1.54, 1.807) is 7.11 Å². The third-order valence-electron chi connectivity index (χ3n) is 2.41. The van der Waals surface area contributed by atoms with Crippen molar-refractivity contribution in [1.29, 1.82) is 0 Å². The van der Waals surface area contributed by atoms with E-state index < -0.39 is 0 Å². The highest BCUT2D eigenvalue weighted by Crippen LogP contribution is 2.31. The number of nitrogens with two attached hydrogens (primary N) is 1. The summed E-state index contributed by atoms with van der Waals surface area (Å²) < 4.78 is 5.43. The van der Waals surface area contributed by atoms with Crippen LogP contribution in [0.3, 0.4) is 0 Å². The molecule has 1 aromatic heterocycles. The summed E-state index contributed by atoms with van der Waals surface area (Å²) in [5.41, 5.74) is 5.39. The van der Waals surface area contributed by atoms with Gasteiger partial charge in [-0.05, 0) is 20.3 Å². The van der Waals surface area contributed by atoms with Crippen molar-refractivity contribution in [1.82, 2.24) is 10.2 Å². The van der Waals surface area contributed by atoms with Crippen molar-refractivity contribution >= 4 is 11.3 Å². The Hall–Kier alpha value is -0.520. The summed E-state index contributed by atoms with van der Waals surface area (Å²) >= 11 is 1.52. The van der Waals surface area contributed by atoms with Crippen molar-refractivity contribution in [3.8, 4) is 0 Å². The van der Waals surface area contributed by atoms with E-state index in [2.05, 4.69) is 17.1 Å². The van der Waals surface area contributed by atoms with E-state index in [1.165, 1.54) is 11.3 Å². The van der Waals surface area contributed by atoms with Crippen molar-refractivity contribution in [3.05, 3.63) is 10.0 Å². The number of nitrogens with zero attached hydrogens (tertiary/aromatic N) is 2. The van der Waals surface area contributed by atoms with Crippen molar-refractivity contribution in [3.63, 3.8) is 0 Å². The largest absolute Gasteiger partial charge is 0.371 e. The zero-order valence-electron chi connectivity index (χ0n) is 9.07. The highest BCUT2D eigenvalue weighted by molar-refractivity contribution is 7.11. The Morgan fingerprint density at radius 2 is 2.21 bits per heavy atom. The van der Waals surface area contributed by atoms with Gasteiger partial charge in [0.05, 0.1) is 6.04 Å². The Balaban J connectivity index is 2.95. The molecule has 0 aliphatic carbocycles. The van der Waals surface area contributed by atoms with Crippen LogP contribution in [0, 0.1) is 0 Å². The predicted octanol–water partition coefficient (Wildman–Crippen LogP) is 1.83. The molecular weight excluding hydrogens is 198 g/mol. The minimum Gasteiger partial charge on any atom is -0.371 e. The van der Waals surface area contributed by atoms with Gasteiger partial charge in [-0.1, -0.05) is 18.3 Å². The van der Waals surface area contributed by atoms with Gasteiger partial charge >= 0.3 is 0 Å². The van der Waals surface area contributed by atoms with E-state index in [-0.39, 0.29) is 11.6 Å². The molecule has 0 aromatic carbocycles. The van der Waals surface area contributed by atoms with Gasteiger partial charge in [-0.2, -0.15) is 0 Å². The van der Waals surface area contributed by atoms with Crippen LogP contribution >= 0.6 is 11.3 Å². The molecule has 0 aliphatic rings. The van der Waals surface area contributed by atoms with E-state index in [1.807, 2.05) is 13.8 Å². The molecule has 2 unspecified atom stereocenters. The topological polar surface area (TPSA) is 61.0 Å². The number of hydrogen-bond acceptors (Lipinski definition) is 5. The van der Waals surface area contributed by atoms with Gasteiger partial charge < -0.3 is 10.5 Å². The molecule has 4 nitrogen and oxygen atoms in total. The Morgan fingerprint density at radius 1 is 1.57 bits per heavy atom. The molecule has 0 amide bonds. The molecular formula is C9H17N3OS. The first-order chi connectivity index (χ1) is 6.53. The minimum absolute atomic E-state index is 0.0563. The van der Waals surface area contributed by atoms with Crippen LogP contribution in [0.4, 0.5) is 0 Å². The summed E-state index contributed by atoms with van der Waals surface area (Å²) in [6.07, 6.45) is 0.872. The first-order valence-corrected chi connectivity index (χ1v) is 5.49. The van der Waals surface area contributed by atoms with E-state index in [0.29, 0.717) is 0 Å². The lowest BCUT2D eigenvalue weighted by Crippen LogP contribution is -2.22. The van der Waals surface area contributed by atoms with Crippen molar-refractivity contribution in [2.24, 2.45) is 5.73 Å². The molecule has 0 saturated heterocycles. The maximum atomic E-state index is 5.72. The maximum absolute atomic E-state index is 5.72. The highest BCUT2D eigenvalue weighted by Gasteiger charge is 2.28. The summed E-state index contributed by atoms with van der Waals surface area (Å²) in [6, 6.07) is -0.0563. The Labute approximate surface area is 88.5 Å². The van der Waals surface area contributed by atoms with Crippen LogP contribution in [0.1, 0.15) is 43.2 Å². The van der Waals surface area contributed by atoms with Crippen molar-refractivity contribution < 1.29 is 4.74 Å². The smallest absolute Gasteiger partial charge is 0.149 e. The molecule has 14 heavy (non-hydrogen) atoms. The number of methoxy groups -OCH3 is 1. The van der Waals surface area contributed by atoms with Crippen molar-refractivity contribution in [2.45, 2.75) is 38.8 Å². The van der Waals surface area contributed by atoms with Gasteiger partial charge in [-0.3, -0.25) is 0 Å². The van der Waals surface area contributed by atoms with E-state index in [9.17, 15) is 0 Å². The number of rotatable bonds is 4. The van der Waals surface area contributed by atoms with Crippen LogP contribution in [0.15, 0.2) is 0 Å². The fourth-order valence-corrected chi connectivity index (χ4v) is 2.01. The van der Waals surface area contributed by atoms with E-state index >= 15 is 0 Å². The second-order valence-electron chi connectivity index (χ2n) is 3.52. The molecule has 5 heteroatoms. The predicted molar refractivity (Wildman–Crippen MR) is 57.2 cm³/mol. The molecule has 0 aliphatic heterocycles. The third-order valence-corrected chi connectivity index (χ3v) is 3.78. The number of ether oxygens (including phenoxy) is 1. The van der Waals surface area contributed by atoms with Gasteiger partial charge in [0.15, 0.2) is 0 Å². The van der Waals surface area contributed by atoms with Crippen LogP contribution in [0.5, 0.6) is 0 Å². The third kappa shape index (κ3) is 2.10. The van der Waals surface area contributed by atoms with Gasteiger partial charge in [0, 0.05) is 7.11 Å². The molecule has 0 radical (unpaired) electrons. The molecule has 2 atom stereocenters. The normalized spacial score (nSPS) is 17.8. The summed E-state index contributed by atoms with van der Waals surface area (Å²) in [4.78, 5) is 0. The Morgan fingerprint density at radius 3 is 2.57 bits per heavy atom. The second kappa shape index (κ2) is 4.33. The SMILES string of the molecule is CCC(C)(OC)c1nnc(C(C)N)s1. The van der Waals surface area contributed by atoms with Crippen molar-refractivity contribution in [2.75, 3.05) is 7.11 Å². The second-order valence-corrected chi connectivity index (χ2v) is 4.53. The standard InChI is InChI=1S/C9H17N3OS/c1-5-9(3,13-4)8-12-11-7(14-8)6(2)10/h6H,5,10H2,1-4H3. The average Bonchev–Trinajstić information content (AvgIpc) is 2.66. The summed E-state index contributed by atoms with van der Waals surface area (Å²) in [5, 5.41) is 9.91. The molecule has 1 heterocycles. The monoisotopic (exact) mass is 215 g/mol. The number of aromatic nitrogens is 2. The van der Waals surface area contributed by atoms with Gasteiger partial charge in [0.2, 0.25) is 0 Å². The van der Waals surface area contributed by atoms with Crippen LogP contribution in [-0.4, -0.2) is 17.3 Å². The Bertz CT molecular complexity index is 294. The van der Waals surface area contributed by atoms with E-state index in [0.717, 1.165) is 16.4 Å². The fraction of sp³-hybridized carbons (Fsp3) is 0.778. The molecule has 2 N–H and O–H groups in total. The van der Waals surface area contributed by atoms with Crippen LogP contribution in [0.25, 0.3) is 0 Å². The molecule has 80 valence electrons. The van der Waals surface area contributed by atoms with Crippen LogP contribution in [0.2, 0.25) is 0 Å². The van der Waals surface area contributed by atoms with E-state index in [4.69, 9.17) is 10.5 Å². The van der Waals surface area contributed by atoms with Gasteiger partial charge in [0.25, 0.3) is 0 Å². The summed E-state index contributed by atoms with van der Waals surface area (Å²) in [7, 11) is 1.69. The zero-order valence-corrected chi connectivity index (χ0v) is 9.89. The highest BCUT2D eigenvalue weighted by atomic mass is 32.1. The zero-order chi connectivity index (χ0) is 10.8. The van der Waals surface area contributed by atoms with Gasteiger partial charge in [-0.25, -0.2) is 0 Å². The van der Waals surface area contributed by atoms with Crippen LogP contribution < -0.4 is 5.73 Å². The summed E-state index contributed by atoms with van der Waals surface area (Å²) in [5.74, 6) is 0. The average molecular weight is 215 g/mol. The van der Waals surface area contributed by atoms with Crippen LogP contribution in [-0.2, 0) is 10.3 Å². The summed E-state index contributed by atoms with van der Waals surface area (Å²) in [6.45, 7) is 5.98. The molecule has 0 saturated carbocycles. The fourth-order valence-electron chi connectivity index (χ4n) is 1.02. The molecule has 0 spiro atoms. The molecule has 0 bridgehead atoms. The quantitative estimate of drug-likeness (QED) is 0.832. The Kier molecular flexibility index (Phi) is 3.58. The van der Waals surface area contributed by atoms with Gasteiger partial charge in [-0.15, -0.1) is 10.2 Å². The lowest BCUT2D eigenvalue weighted by molar-refractivity contribution is -0.00207. The molecule has 1 rings (SSSR count).